The van der Waals surface area contributed by atoms with E-state index in [1.807, 2.05) is 37.3 Å². The lowest BCUT2D eigenvalue weighted by Gasteiger charge is -2.18. The maximum Gasteiger partial charge on any atom is 0.237 e. The van der Waals surface area contributed by atoms with E-state index in [1.54, 1.807) is 6.92 Å². The lowest BCUT2D eigenvalue weighted by atomic mass is 10.0. The van der Waals surface area contributed by atoms with Crippen LogP contribution in [0, 0.1) is 0 Å². The van der Waals surface area contributed by atoms with E-state index in [2.05, 4.69) is 5.32 Å². The minimum Gasteiger partial charge on any atom is -0.348 e. The number of hydrogen-bond acceptors (Lipinski definition) is 2. The van der Waals surface area contributed by atoms with E-state index < -0.39 is 6.04 Å². The number of benzene rings is 1. The van der Waals surface area contributed by atoms with E-state index in [0.717, 1.165) is 12.0 Å². The Kier molecular flexibility index (Phi) is 4.31. The first-order valence-electron chi connectivity index (χ1n) is 5.26. The van der Waals surface area contributed by atoms with Crippen LogP contribution in [-0.2, 0) is 4.79 Å². The van der Waals surface area contributed by atoms with Gasteiger partial charge in [0.15, 0.2) is 0 Å². The van der Waals surface area contributed by atoms with Gasteiger partial charge in [-0.05, 0) is 18.9 Å². The van der Waals surface area contributed by atoms with Gasteiger partial charge >= 0.3 is 0 Å². The van der Waals surface area contributed by atoms with E-state index in [4.69, 9.17) is 5.73 Å². The SMILES string of the molecule is CC[C@@H](NC(=O)[C@@H](C)N)c1ccccc1. The summed E-state index contributed by atoms with van der Waals surface area (Å²) in [5, 5.41) is 2.92. The first-order valence-corrected chi connectivity index (χ1v) is 5.26. The summed E-state index contributed by atoms with van der Waals surface area (Å²) in [7, 11) is 0. The molecule has 3 N–H and O–H groups in total. The van der Waals surface area contributed by atoms with E-state index in [-0.39, 0.29) is 11.9 Å². The number of nitrogens with two attached hydrogens (primary N) is 1. The predicted octanol–water partition coefficient (Wildman–Crippen LogP) is 1.60. The molecule has 0 fully saturated rings. The summed E-state index contributed by atoms with van der Waals surface area (Å²) in [6, 6.07) is 9.52. The fourth-order valence-corrected chi connectivity index (χ4v) is 1.41. The second kappa shape index (κ2) is 5.51. The number of carbonyl (C=O) groups is 1. The smallest absolute Gasteiger partial charge is 0.237 e. The molecule has 0 saturated heterocycles. The van der Waals surface area contributed by atoms with Crippen LogP contribution < -0.4 is 11.1 Å². The van der Waals surface area contributed by atoms with Crippen molar-refractivity contribution in [1.29, 1.82) is 0 Å². The topological polar surface area (TPSA) is 55.1 Å². The molecule has 0 heterocycles. The molecular weight excluding hydrogens is 188 g/mol. The Morgan fingerprint density at radius 1 is 1.40 bits per heavy atom. The van der Waals surface area contributed by atoms with Crippen molar-refractivity contribution in [2.45, 2.75) is 32.4 Å². The van der Waals surface area contributed by atoms with Crippen molar-refractivity contribution in [3.63, 3.8) is 0 Å². The summed E-state index contributed by atoms with van der Waals surface area (Å²) >= 11 is 0. The van der Waals surface area contributed by atoms with Gasteiger partial charge in [-0.25, -0.2) is 0 Å². The van der Waals surface area contributed by atoms with Crippen LogP contribution in [0.5, 0.6) is 0 Å². The van der Waals surface area contributed by atoms with Gasteiger partial charge in [0, 0.05) is 0 Å². The van der Waals surface area contributed by atoms with Crippen molar-refractivity contribution in [1.82, 2.24) is 5.32 Å². The van der Waals surface area contributed by atoms with Crippen molar-refractivity contribution in [2.24, 2.45) is 5.73 Å². The first-order chi connectivity index (χ1) is 7.15. The number of amides is 1. The average Bonchev–Trinajstić information content (AvgIpc) is 2.26. The van der Waals surface area contributed by atoms with Crippen LogP contribution in [0.3, 0.4) is 0 Å². The molecule has 0 aliphatic carbocycles. The molecule has 0 radical (unpaired) electrons. The summed E-state index contributed by atoms with van der Waals surface area (Å²) in [5.74, 6) is -0.106. The van der Waals surface area contributed by atoms with Crippen molar-refractivity contribution >= 4 is 5.91 Å². The highest BCUT2D eigenvalue weighted by molar-refractivity contribution is 5.81. The number of hydrogen-bond donors (Lipinski definition) is 2. The lowest BCUT2D eigenvalue weighted by Crippen LogP contribution is -2.40. The Hall–Kier alpha value is -1.35. The van der Waals surface area contributed by atoms with Crippen LogP contribution in [0.25, 0.3) is 0 Å². The predicted molar refractivity (Wildman–Crippen MR) is 61.3 cm³/mol. The third kappa shape index (κ3) is 3.36. The Bertz CT molecular complexity index is 309. The van der Waals surface area contributed by atoms with Crippen LogP contribution in [0.2, 0.25) is 0 Å². The summed E-state index contributed by atoms with van der Waals surface area (Å²) in [4.78, 5) is 11.4. The summed E-state index contributed by atoms with van der Waals surface area (Å²) in [6.45, 7) is 3.73. The van der Waals surface area contributed by atoms with Crippen LogP contribution in [0.4, 0.5) is 0 Å². The molecule has 1 aromatic carbocycles. The zero-order valence-corrected chi connectivity index (χ0v) is 9.23. The van der Waals surface area contributed by atoms with Gasteiger partial charge < -0.3 is 11.1 Å². The van der Waals surface area contributed by atoms with Crippen molar-refractivity contribution < 1.29 is 4.79 Å². The fourth-order valence-electron chi connectivity index (χ4n) is 1.41. The van der Waals surface area contributed by atoms with E-state index in [9.17, 15) is 4.79 Å². The highest BCUT2D eigenvalue weighted by Crippen LogP contribution is 2.15. The van der Waals surface area contributed by atoms with Gasteiger partial charge in [-0.2, -0.15) is 0 Å². The molecule has 1 rings (SSSR count). The number of carbonyl (C=O) groups excluding carboxylic acids is 1. The standard InChI is InChI=1S/C12H18N2O/c1-3-11(14-12(15)9(2)13)10-7-5-4-6-8-10/h4-9,11H,3,13H2,1-2H3,(H,14,15)/t9-,11-/m1/s1. The molecule has 82 valence electrons. The molecule has 3 nitrogen and oxygen atoms in total. The molecule has 0 bridgehead atoms. The molecule has 0 unspecified atom stereocenters. The van der Waals surface area contributed by atoms with E-state index in [1.165, 1.54) is 0 Å². The maximum atomic E-state index is 11.4. The zero-order valence-electron chi connectivity index (χ0n) is 9.23. The lowest BCUT2D eigenvalue weighted by molar-refractivity contribution is -0.122. The fraction of sp³-hybridized carbons (Fsp3) is 0.417. The van der Waals surface area contributed by atoms with Gasteiger partial charge in [0.1, 0.15) is 0 Å². The molecule has 0 saturated carbocycles. The minimum absolute atomic E-state index is 0.0599. The average molecular weight is 206 g/mol. The van der Waals surface area contributed by atoms with Crippen molar-refractivity contribution in [2.75, 3.05) is 0 Å². The molecule has 1 aromatic rings. The third-order valence-corrected chi connectivity index (χ3v) is 2.34. The molecule has 0 aliphatic rings. The van der Waals surface area contributed by atoms with Crippen molar-refractivity contribution in [3.05, 3.63) is 35.9 Å². The van der Waals surface area contributed by atoms with Crippen LogP contribution in [0.1, 0.15) is 31.9 Å². The van der Waals surface area contributed by atoms with E-state index >= 15 is 0 Å². The molecule has 1 amide bonds. The maximum absolute atomic E-state index is 11.4. The van der Waals surface area contributed by atoms with Gasteiger partial charge in [-0.3, -0.25) is 4.79 Å². The molecule has 15 heavy (non-hydrogen) atoms. The Balaban J connectivity index is 2.69. The zero-order chi connectivity index (χ0) is 11.3. The van der Waals surface area contributed by atoms with Gasteiger partial charge in [0.25, 0.3) is 0 Å². The second-order valence-electron chi connectivity index (χ2n) is 3.67. The largest absolute Gasteiger partial charge is 0.348 e. The van der Waals surface area contributed by atoms with Crippen LogP contribution in [0.15, 0.2) is 30.3 Å². The highest BCUT2D eigenvalue weighted by Gasteiger charge is 2.14. The summed E-state index contributed by atoms with van der Waals surface area (Å²) < 4.78 is 0. The third-order valence-electron chi connectivity index (χ3n) is 2.34. The Morgan fingerprint density at radius 2 is 2.00 bits per heavy atom. The van der Waals surface area contributed by atoms with Crippen LogP contribution >= 0.6 is 0 Å². The Morgan fingerprint density at radius 3 is 2.47 bits per heavy atom. The summed E-state index contributed by atoms with van der Waals surface area (Å²) in [5.41, 5.74) is 6.62. The van der Waals surface area contributed by atoms with Crippen LogP contribution in [-0.4, -0.2) is 11.9 Å². The van der Waals surface area contributed by atoms with E-state index in [0.29, 0.717) is 0 Å². The highest BCUT2D eigenvalue weighted by atomic mass is 16.2. The molecule has 0 aromatic heterocycles. The first kappa shape index (κ1) is 11.7. The molecule has 2 atom stereocenters. The molecule has 0 aliphatic heterocycles. The normalized spacial score (nSPS) is 14.3. The summed E-state index contributed by atoms with van der Waals surface area (Å²) in [6.07, 6.45) is 0.864. The minimum atomic E-state index is -0.456. The molecule has 3 heteroatoms. The second-order valence-corrected chi connectivity index (χ2v) is 3.67. The Labute approximate surface area is 90.7 Å². The monoisotopic (exact) mass is 206 g/mol. The molecule has 0 spiro atoms. The van der Waals surface area contributed by atoms with Crippen molar-refractivity contribution in [3.8, 4) is 0 Å². The molecular formula is C12H18N2O. The van der Waals surface area contributed by atoms with Gasteiger partial charge in [-0.1, -0.05) is 37.3 Å². The quantitative estimate of drug-likeness (QED) is 0.786. The van der Waals surface area contributed by atoms with Gasteiger partial charge in [0.2, 0.25) is 5.91 Å². The number of rotatable bonds is 4. The van der Waals surface area contributed by atoms with Gasteiger partial charge in [0.05, 0.1) is 12.1 Å². The number of nitrogens with one attached hydrogen (secondary N) is 1. The van der Waals surface area contributed by atoms with Gasteiger partial charge in [-0.15, -0.1) is 0 Å².